The van der Waals surface area contributed by atoms with Crippen molar-refractivity contribution in [3.8, 4) is 0 Å². The smallest absolute Gasteiger partial charge is 0.302 e. The van der Waals surface area contributed by atoms with Crippen molar-refractivity contribution in [1.29, 1.82) is 0 Å². The van der Waals surface area contributed by atoms with Crippen molar-refractivity contribution in [2.24, 2.45) is 0 Å². The van der Waals surface area contributed by atoms with E-state index in [1.165, 1.54) is 19.1 Å². The summed E-state index contributed by atoms with van der Waals surface area (Å²) >= 11 is 0. The Kier molecular flexibility index (Phi) is 3.60. The molecule has 1 aliphatic rings. The average Bonchev–Trinajstić information content (AvgIpc) is 2.49. The van der Waals surface area contributed by atoms with Gasteiger partial charge in [-0.25, -0.2) is 0 Å². The molecule has 5 heteroatoms. The first kappa shape index (κ1) is 11.4. The summed E-state index contributed by atoms with van der Waals surface area (Å²) in [5.74, 6) is -1.11. The minimum Gasteiger partial charge on any atom is -0.464 e. The number of hydrogen-bond donors (Lipinski definition) is 0. The number of nitrogens with zero attached hydrogens (tertiary/aromatic N) is 1. The van der Waals surface area contributed by atoms with Crippen LogP contribution in [-0.2, 0) is 19.1 Å². The molecule has 0 unspecified atom stereocenters. The zero-order chi connectivity index (χ0) is 11.4. The Morgan fingerprint density at radius 2 is 1.93 bits per heavy atom. The van der Waals surface area contributed by atoms with Crippen molar-refractivity contribution in [3.63, 3.8) is 0 Å². The summed E-state index contributed by atoms with van der Waals surface area (Å²) in [5, 5.41) is 0. The lowest BCUT2D eigenvalue weighted by Gasteiger charge is -2.24. The topological polar surface area (TPSA) is 63.7 Å². The second-order valence-corrected chi connectivity index (χ2v) is 3.24. The van der Waals surface area contributed by atoms with Crippen LogP contribution in [0.3, 0.4) is 0 Å². The van der Waals surface area contributed by atoms with Crippen LogP contribution in [0.1, 0.15) is 20.3 Å². The number of esters is 1. The minimum atomic E-state index is -0.416. The second-order valence-electron chi connectivity index (χ2n) is 3.24. The zero-order valence-corrected chi connectivity index (χ0v) is 8.73. The van der Waals surface area contributed by atoms with Gasteiger partial charge in [0.15, 0.2) is 0 Å². The van der Waals surface area contributed by atoms with Crippen molar-refractivity contribution in [2.45, 2.75) is 26.3 Å². The molecular formula is C10H13NO4. The normalized spacial score (nSPS) is 17.1. The number of carbonyl (C=O) groups is 3. The van der Waals surface area contributed by atoms with Crippen LogP contribution in [0.5, 0.6) is 0 Å². The predicted octanol–water partition coefficient (Wildman–Crippen LogP) is 0.253. The van der Waals surface area contributed by atoms with Crippen molar-refractivity contribution in [3.05, 3.63) is 12.2 Å². The average molecular weight is 211 g/mol. The van der Waals surface area contributed by atoms with Gasteiger partial charge in [-0.05, 0) is 6.42 Å². The highest BCUT2D eigenvalue weighted by Crippen LogP contribution is 2.12. The third kappa shape index (κ3) is 2.65. The summed E-state index contributed by atoms with van der Waals surface area (Å²) < 4.78 is 4.79. The molecule has 0 saturated carbocycles. The molecule has 1 rings (SSSR count). The predicted molar refractivity (Wildman–Crippen MR) is 51.7 cm³/mol. The first-order chi connectivity index (χ1) is 7.06. The van der Waals surface area contributed by atoms with Crippen molar-refractivity contribution in [1.82, 2.24) is 4.90 Å². The Bertz CT molecular complexity index is 303. The monoisotopic (exact) mass is 211 g/mol. The highest BCUT2D eigenvalue weighted by molar-refractivity contribution is 6.13. The van der Waals surface area contributed by atoms with Crippen LogP contribution >= 0.6 is 0 Å². The maximum atomic E-state index is 11.3. The van der Waals surface area contributed by atoms with Gasteiger partial charge in [0.25, 0.3) is 11.8 Å². The SMILES string of the molecule is CC[C@H](COC(C)=O)N1C(=O)C=CC1=O. The van der Waals surface area contributed by atoms with Crippen LogP contribution in [0.25, 0.3) is 0 Å². The van der Waals surface area contributed by atoms with E-state index in [4.69, 9.17) is 4.74 Å². The van der Waals surface area contributed by atoms with Crippen LogP contribution in [0.4, 0.5) is 0 Å². The number of hydrogen-bond acceptors (Lipinski definition) is 4. The van der Waals surface area contributed by atoms with Gasteiger partial charge in [0.1, 0.15) is 6.61 Å². The molecule has 0 spiro atoms. The summed E-state index contributed by atoms with van der Waals surface area (Å²) in [5.41, 5.74) is 0. The molecule has 1 aliphatic heterocycles. The van der Waals surface area contributed by atoms with E-state index in [0.717, 1.165) is 4.90 Å². The van der Waals surface area contributed by atoms with Crippen molar-refractivity contribution in [2.75, 3.05) is 6.61 Å². The third-order valence-electron chi connectivity index (χ3n) is 2.16. The Balaban J connectivity index is 2.62. The molecule has 1 atom stereocenters. The quantitative estimate of drug-likeness (QED) is 0.494. The molecule has 0 saturated heterocycles. The molecule has 0 N–H and O–H groups in total. The Labute approximate surface area is 87.7 Å². The highest BCUT2D eigenvalue weighted by Gasteiger charge is 2.30. The molecule has 0 fully saturated rings. The lowest BCUT2D eigenvalue weighted by atomic mass is 10.2. The largest absolute Gasteiger partial charge is 0.464 e. The maximum Gasteiger partial charge on any atom is 0.302 e. The van der Waals surface area contributed by atoms with Gasteiger partial charge in [-0.3, -0.25) is 19.3 Å². The molecule has 0 aromatic heterocycles. The van der Waals surface area contributed by atoms with Gasteiger partial charge >= 0.3 is 5.97 Å². The molecule has 15 heavy (non-hydrogen) atoms. The lowest BCUT2D eigenvalue weighted by molar-refractivity contribution is -0.149. The summed E-state index contributed by atoms with van der Waals surface area (Å²) in [4.78, 5) is 34.3. The molecule has 0 radical (unpaired) electrons. The molecule has 1 heterocycles. The maximum absolute atomic E-state index is 11.3. The Morgan fingerprint density at radius 1 is 1.40 bits per heavy atom. The van der Waals surface area contributed by atoms with E-state index in [0.29, 0.717) is 6.42 Å². The second kappa shape index (κ2) is 4.72. The molecule has 0 bridgehead atoms. The fraction of sp³-hybridized carbons (Fsp3) is 0.500. The number of amides is 2. The molecular weight excluding hydrogens is 198 g/mol. The summed E-state index contributed by atoms with van der Waals surface area (Å²) in [6.45, 7) is 3.18. The lowest BCUT2D eigenvalue weighted by Crippen LogP contribution is -2.42. The van der Waals surface area contributed by atoms with E-state index in [1.807, 2.05) is 6.92 Å². The van der Waals surface area contributed by atoms with Crippen molar-refractivity contribution >= 4 is 17.8 Å². The third-order valence-corrected chi connectivity index (χ3v) is 2.16. The first-order valence-electron chi connectivity index (χ1n) is 4.74. The molecule has 2 amide bonds. The fourth-order valence-corrected chi connectivity index (χ4v) is 1.36. The standard InChI is InChI=1S/C10H13NO4/c1-3-8(6-15-7(2)12)11-9(13)4-5-10(11)14/h4-5,8H,3,6H2,1-2H3/t8-/m1/s1. The molecule has 0 aromatic rings. The van der Waals surface area contributed by atoms with Crippen LogP contribution in [0.15, 0.2) is 12.2 Å². The fourth-order valence-electron chi connectivity index (χ4n) is 1.36. The molecule has 82 valence electrons. The van der Waals surface area contributed by atoms with E-state index in [9.17, 15) is 14.4 Å². The number of rotatable bonds is 4. The van der Waals surface area contributed by atoms with Gasteiger partial charge in [-0.2, -0.15) is 0 Å². The summed E-state index contributed by atoms with van der Waals surface area (Å²) in [6.07, 6.45) is 3.00. The summed E-state index contributed by atoms with van der Waals surface area (Å²) in [7, 11) is 0. The Morgan fingerprint density at radius 3 is 2.33 bits per heavy atom. The summed E-state index contributed by atoms with van der Waals surface area (Å²) in [6, 6.07) is -0.371. The van der Waals surface area contributed by atoms with E-state index in [2.05, 4.69) is 0 Å². The number of ether oxygens (including phenoxy) is 1. The highest BCUT2D eigenvalue weighted by atomic mass is 16.5. The zero-order valence-electron chi connectivity index (χ0n) is 8.73. The molecule has 0 aliphatic carbocycles. The molecule has 0 aromatic carbocycles. The van der Waals surface area contributed by atoms with Gasteiger partial charge < -0.3 is 4.74 Å². The van der Waals surface area contributed by atoms with Gasteiger partial charge in [-0.15, -0.1) is 0 Å². The Hall–Kier alpha value is -1.65. The van der Waals surface area contributed by atoms with Crippen LogP contribution in [0.2, 0.25) is 0 Å². The number of imide groups is 1. The van der Waals surface area contributed by atoms with E-state index in [-0.39, 0.29) is 24.5 Å². The van der Waals surface area contributed by atoms with Crippen LogP contribution < -0.4 is 0 Å². The van der Waals surface area contributed by atoms with E-state index < -0.39 is 5.97 Å². The van der Waals surface area contributed by atoms with Gasteiger partial charge in [-0.1, -0.05) is 6.92 Å². The molecule has 5 nitrogen and oxygen atoms in total. The van der Waals surface area contributed by atoms with Gasteiger partial charge in [0.05, 0.1) is 6.04 Å². The first-order valence-corrected chi connectivity index (χ1v) is 4.74. The van der Waals surface area contributed by atoms with Gasteiger partial charge in [0.2, 0.25) is 0 Å². The van der Waals surface area contributed by atoms with Gasteiger partial charge in [0, 0.05) is 19.1 Å². The number of carbonyl (C=O) groups excluding carboxylic acids is 3. The van der Waals surface area contributed by atoms with E-state index >= 15 is 0 Å². The van der Waals surface area contributed by atoms with Crippen molar-refractivity contribution < 1.29 is 19.1 Å². The van der Waals surface area contributed by atoms with Crippen LogP contribution in [-0.4, -0.2) is 35.3 Å². The van der Waals surface area contributed by atoms with E-state index in [1.54, 1.807) is 0 Å². The van der Waals surface area contributed by atoms with Crippen LogP contribution in [0, 0.1) is 0 Å². The minimum absolute atomic E-state index is 0.0605.